The Bertz CT molecular complexity index is 617. The second-order valence-corrected chi connectivity index (χ2v) is 5.73. The van der Waals surface area contributed by atoms with E-state index < -0.39 is 35.6 Å². The third-order valence-corrected chi connectivity index (χ3v) is 4.17. The molecule has 1 fully saturated rings. The van der Waals surface area contributed by atoms with Gasteiger partial charge in [-0.05, 0) is 44.5 Å². The first-order valence-electron chi connectivity index (χ1n) is 7.41. The molecule has 0 bridgehead atoms. The third kappa shape index (κ3) is 3.67. The Morgan fingerprint density at radius 1 is 1.30 bits per heavy atom. The summed E-state index contributed by atoms with van der Waals surface area (Å²) in [4.78, 5) is 36.9. The van der Waals surface area contributed by atoms with Gasteiger partial charge >= 0.3 is 5.97 Å². The SMILES string of the molecule is CC(NC(=O)C1CCN(c2ccc(F)cc2)C1=O)C(C)C(=O)O. The second-order valence-electron chi connectivity index (χ2n) is 5.73. The number of carboxylic acids is 1. The van der Waals surface area contributed by atoms with Gasteiger partial charge in [-0.15, -0.1) is 0 Å². The van der Waals surface area contributed by atoms with E-state index in [0.29, 0.717) is 18.7 Å². The average molecular weight is 322 g/mol. The van der Waals surface area contributed by atoms with E-state index in [-0.39, 0.29) is 5.91 Å². The lowest BCUT2D eigenvalue weighted by atomic mass is 10.0. The molecular formula is C16H19FN2O4. The van der Waals surface area contributed by atoms with Gasteiger partial charge in [-0.2, -0.15) is 0 Å². The number of carboxylic acid groups (broad SMARTS) is 1. The number of amides is 2. The van der Waals surface area contributed by atoms with E-state index in [1.54, 1.807) is 6.92 Å². The zero-order valence-corrected chi connectivity index (χ0v) is 13.0. The number of hydrogen-bond donors (Lipinski definition) is 2. The van der Waals surface area contributed by atoms with Crippen LogP contribution in [0.2, 0.25) is 0 Å². The summed E-state index contributed by atoms with van der Waals surface area (Å²) in [5.74, 6) is -3.83. The molecule has 0 radical (unpaired) electrons. The number of benzene rings is 1. The number of carbonyl (C=O) groups excluding carboxylic acids is 2. The maximum atomic E-state index is 12.9. The van der Waals surface area contributed by atoms with Crippen molar-refractivity contribution in [3.05, 3.63) is 30.1 Å². The number of halogens is 1. The molecule has 23 heavy (non-hydrogen) atoms. The molecule has 1 aromatic carbocycles. The van der Waals surface area contributed by atoms with Crippen LogP contribution in [0.5, 0.6) is 0 Å². The number of carbonyl (C=O) groups is 3. The van der Waals surface area contributed by atoms with E-state index >= 15 is 0 Å². The van der Waals surface area contributed by atoms with Gasteiger partial charge in [-0.1, -0.05) is 0 Å². The van der Waals surface area contributed by atoms with Crippen molar-refractivity contribution in [2.45, 2.75) is 26.3 Å². The fourth-order valence-corrected chi connectivity index (χ4v) is 2.46. The highest BCUT2D eigenvalue weighted by molar-refractivity contribution is 6.09. The first-order chi connectivity index (χ1) is 10.8. The molecular weight excluding hydrogens is 303 g/mol. The van der Waals surface area contributed by atoms with Gasteiger partial charge in [0, 0.05) is 18.3 Å². The predicted octanol–water partition coefficient (Wildman–Crippen LogP) is 1.40. The molecule has 1 aliphatic rings. The van der Waals surface area contributed by atoms with Crippen molar-refractivity contribution in [2.75, 3.05) is 11.4 Å². The fourth-order valence-electron chi connectivity index (χ4n) is 2.46. The molecule has 124 valence electrons. The average Bonchev–Trinajstić information content (AvgIpc) is 2.88. The van der Waals surface area contributed by atoms with E-state index in [9.17, 15) is 18.8 Å². The largest absolute Gasteiger partial charge is 0.481 e. The van der Waals surface area contributed by atoms with E-state index in [1.807, 2.05) is 0 Å². The second kappa shape index (κ2) is 6.76. The first-order valence-corrected chi connectivity index (χ1v) is 7.41. The molecule has 0 spiro atoms. The summed E-state index contributed by atoms with van der Waals surface area (Å²) in [6.07, 6.45) is 0.343. The minimum absolute atomic E-state index is 0.343. The Balaban J connectivity index is 2.02. The quantitative estimate of drug-likeness (QED) is 0.802. The summed E-state index contributed by atoms with van der Waals surface area (Å²) in [5.41, 5.74) is 0.540. The highest BCUT2D eigenvalue weighted by Gasteiger charge is 2.38. The summed E-state index contributed by atoms with van der Waals surface area (Å²) in [5, 5.41) is 11.5. The Kier molecular flexibility index (Phi) is 4.98. The van der Waals surface area contributed by atoms with Crippen LogP contribution in [0.15, 0.2) is 24.3 Å². The maximum absolute atomic E-state index is 12.9. The Labute approximate surface area is 133 Å². The maximum Gasteiger partial charge on any atom is 0.308 e. The van der Waals surface area contributed by atoms with E-state index in [2.05, 4.69) is 5.32 Å². The fraction of sp³-hybridized carbons (Fsp3) is 0.438. The minimum atomic E-state index is -1.01. The highest BCUT2D eigenvalue weighted by Crippen LogP contribution is 2.25. The lowest BCUT2D eigenvalue weighted by Crippen LogP contribution is -2.44. The molecule has 0 saturated carbocycles. The molecule has 7 heteroatoms. The van der Waals surface area contributed by atoms with Gasteiger partial charge in [-0.3, -0.25) is 14.4 Å². The standard InChI is InChI=1S/C16H19FN2O4/c1-9(16(22)23)10(2)18-14(20)13-7-8-19(15(13)21)12-5-3-11(17)4-6-12/h3-6,9-10,13H,7-8H2,1-2H3,(H,18,20)(H,22,23). The normalized spacial score (nSPS) is 20.2. The number of nitrogens with zero attached hydrogens (tertiary/aromatic N) is 1. The molecule has 2 N–H and O–H groups in total. The zero-order chi connectivity index (χ0) is 17.1. The van der Waals surface area contributed by atoms with Gasteiger partial charge < -0.3 is 15.3 Å². The molecule has 0 aromatic heterocycles. The topological polar surface area (TPSA) is 86.7 Å². The summed E-state index contributed by atoms with van der Waals surface area (Å²) in [6, 6.07) is 4.91. The summed E-state index contributed by atoms with van der Waals surface area (Å²) < 4.78 is 12.9. The zero-order valence-electron chi connectivity index (χ0n) is 13.0. The smallest absolute Gasteiger partial charge is 0.308 e. The molecule has 0 aliphatic carbocycles. The van der Waals surface area contributed by atoms with Crippen molar-refractivity contribution in [1.29, 1.82) is 0 Å². The molecule has 2 rings (SSSR count). The van der Waals surface area contributed by atoms with Gasteiger partial charge in [0.15, 0.2) is 0 Å². The van der Waals surface area contributed by atoms with Gasteiger partial charge in [-0.25, -0.2) is 4.39 Å². The lowest BCUT2D eigenvalue weighted by molar-refractivity contribution is -0.142. The third-order valence-electron chi connectivity index (χ3n) is 4.17. The number of rotatable bonds is 5. The van der Waals surface area contributed by atoms with Crippen molar-refractivity contribution in [3.63, 3.8) is 0 Å². The van der Waals surface area contributed by atoms with Crippen LogP contribution >= 0.6 is 0 Å². The van der Waals surface area contributed by atoms with Crippen LogP contribution in [-0.2, 0) is 14.4 Å². The number of hydrogen-bond acceptors (Lipinski definition) is 3. The molecule has 3 unspecified atom stereocenters. The van der Waals surface area contributed by atoms with Crippen LogP contribution in [0, 0.1) is 17.7 Å². The molecule has 2 amide bonds. The van der Waals surface area contributed by atoms with Crippen LogP contribution in [0.3, 0.4) is 0 Å². The van der Waals surface area contributed by atoms with Crippen molar-refractivity contribution < 1.29 is 23.9 Å². The summed E-state index contributed by atoms with van der Waals surface area (Å²) in [6.45, 7) is 3.45. The van der Waals surface area contributed by atoms with Gasteiger partial charge in [0.1, 0.15) is 11.7 Å². The van der Waals surface area contributed by atoms with Gasteiger partial charge in [0.25, 0.3) is 0 Å². The monoisotopic (exact) mass is 322 g/mol. The van der Waals surface area contributed by atoms with Crippen LogP contribution in [0.4, 0.5) is 10.1 Å². The van der Waals surface area contributed by atoms with E-state index in [0.717, 1.165) is 0 Å². The minimum Gasteiger partial charge on any atom is -0.481 e. The van der Waals surface area contributed by atoms with Crippen molar-refractivity contribution in [1.82, 2.24) is 5.32 Å². The highest BCUT2D eigenvalue weighted by atomic mass is 19.1. The van der Waals surface area contributed by atoms with E-state index in [1.165, 1.54) is 36.1 Å². The molecule has 6 nitrogen and oxygen atoms in total. The van der Waals surface area contributed by atoms with Crippen LogP contribution < -0.4 is 10.2 Å². The van der Waals surface area contributed by atoms with Crippen molar-refractivity contribution in [2.24, 2.45) is 11.8 Å². The van der Waals surface area contributed by atoms with Gasteiger partial charge in [0.2, 0.25) is 11.8 Å². The Morgan fingerprint density at radius 2 is 1.91 bits per heavy atom. The molecule has 1 aliphatic heterocycles. The molecule has 1 aromatic rings. The summed E-state index contributed by atoms with van der Waals surface area (Å²) >= 11 is 0. The number of aliphatic carboxylic acids is 1. The van der Waals surface area contributed by atoms with Crippen LogP contribution in [-0.4, -0.2) is 35.5 Å². The molecule has 1 saturated heterocycles. The van der Waals surface area contributed by atoms with Gasteiger partial charge in [0.05, 0.1) is 5.92 Å². The molecule has 1 heterocycles. The number of nitrogens with one attached hydrogen (secondary N) is 1. The van der Waals surface area contributed by atoms with Crippen molar-refractivity contribution in [3.8, 4) is 0 Å². The summed E-state index contributed by atoms with van der Waals surface area (Å²) in [7, 11) is 0. The Hall–Kier alpha value is -2.44. The predicted molar refractivity (Wildman–Crippen MR) is 81.3 cm³/mol. The Morgan fingerprint density at radius 3 is 2.48 bits per heavy atom. The number of anilines is 1. The van der Waals surface area contributed by atoms with Crippen molar-refractivity contribution >= 4 is 23.5 Å². The van der Waals surface area contributed by atoms with Crippen LogP contribution in [0.1, 0.15) is 20.3 Å². The van der Waals surface area contributed by atoms with E-state index in [4.69, 9.17) is 5.11 Å². The first kappa shape index (κ1) is 16.9. The molecule has 3 atom stereocenters. The lowest BCUT2D eigenvalue weighted by Gasteiger charge is -2.20. The van der Waals surface area contributed by atoms with Crippen LogP contribution in [0.25, 0.3) is 0 Å².